The van der Waals surface area contributed by atoms with E-state index >= 15 is 0 Å². The molecule has 0 saturated carbocycles. The van der Waals surface area contributed by atoms with Gasteiger partial charge in [0, 0.05) is 12.6 Å². The molecule has 21 heavy (non-hydrogen) atoms. The molecule has 1 aliphatic heterocycles. The lowest BCUT2D eigenvalue weighted by molar-refractivity contribution is -0.134. The van der Waals surface area contributed by atoms with E-state index in [0.717, 1.165) is 37.1 Å². The molecule has 0 aliphatic carbocycles. The Balaban J connectivity index is 2.23. The van der Waals surface area contributed by atoms with Gasteiger partial charge in [0.1, 0.15) is 5.75 Å². The predicted molar refractivity (Wildman–Crippen MR) is 85.6 cm³/mol. The van der Waals surface area contributed by atoms with Gasteiger partial charge >= 0.3 is 0 Å². The van der Waals surface area contributed by atoms with Crippen LogP contribution in [0.5, 0.6) is 5.75 Å². The van der Waals surface area contributed by atoms with Crippen LogP contribution in [-0.2, 0) is 4.79 Å². The third kappa shape index (κ3) is 3.39. The zero-order valence-corrected chi connectivity index (χ0v) is 13.6. The number of hydrogen-bond acceptors (Lipinski definition) is 2. The summed E-state index contributed by atoms with van der Waals surface area (Å²) in [5, 5.41) is 0. The average Bonchev–Trinajstić information content (AvgIpc) is 2.96. The number of hydrogen-bond donors (Lipinski definition) is 0. The second-order valence-electron chi connectivity index (χ2n) is 6.23. The van der Waals surface area contributed by atoms with E-state index in [2.05, 4.69) is 25.7 Å². The highest BCUT2D eigenvalue weighted by molar-refractivity contribution is 5.84. The minimum Gasteiger partial charge on any atom is -0.497 e. The summed E-state index contributed by atoms with van der Waals surface area (Å²) in [5.41, 5.74) is 1.09. The Morgan fingerprint density at radius 3 is 2.52 bits per heavy atom. The van der Waals surface area contributed by atoms with E-state index in [1.54, 1.807) is 7.11 Å². The summed E-state index contributed by atoms with van der Waals surface area (Å²) in [7, 11) is 1.66. The molecule has 0 bridgehead atoms. The van der Waals surface area contributed by atoms with Crippen LogP contribution in [0.25, 0.3) is 0 Å². The lowest BCUT2D eigenvalue weighted by Gasteiger charge is -2.30. The predicted octanol–water partition coefficient (Wildman–Crippen LogP) is 3.84. The third-order valence-electron chi connectivity index (χ3n) is 4.54. The quantitative estimate of drug-likeness (QED) is 0.824. The number of nitrogens with zero attached hydrogens (tertiary/aromatic N) is 1. The maximum atomic E-state index is 13.0. The van der Waals surface area contributed by atoms with Gasteiger partial charge in [-0.3, -0.25) is 4.79 Å². The molecule has 2 atom stereocenters. The zero-order chi connectivity index (χ0) is 15.4. The summed E-state index contributed by atoms with van der Waals surface area (Å²) in [5.74, 6) is 1.37. The van der Waals surface area contributed by atoms with E-state index in [0.29, 0.717) is 17.9 Å². The standard InChI is InChI=1S/C18H27NO2/c1-5-15-7-6-12-19(15)18(20)17(13(2)3)14-8-10-16(21-4)11-9-14/h8-11,13,15,17H,5-7,12H2,1-4H3. The summed E-state index contributed by atoms with van der Waals surface area (Å²) >= 11 is 0. The maximum absolute atomic E-state index is 13.0. The van der Waals surface area contributed by atoms with Crippen LogP contribution in [0.2, 0.25) is 0 Å². The zero-order valence-electron chi connectivity index (χ0n) is 13.6. The molecule has 1 saturated heterocycles. The Kier molecular flexibility index (Phi) is 5.27. The lowest BCUT2D eigenvalue weighted by atomic mass is 9.87. The van der Waals surface area contributed by atoms with Crippen molar-refractivity contribution in [2.75, 3.05) is 13.7 Å². The Labute approximate surface area is 128 Å². The van der Waals surface area contributed by atoms with Crippen molar-refractivity contribution >= 4 is 5.91 Å². The summed E-state index contributed by atoms with van der Waals surface area (Å²) in [6.07, 6.45) is 3.34. The largest absolute Gasteiger partial charge is 0.497 e. The van der Waals surface area contributed by atoms with E-state index in [-0.39, 0.29) is 5.92 Å². The molecule has 1 heterocycles. The lowest BCUT2D eigenvalue weighted by Crippen LogP contribution is -2.40. The molecule has 1 aromatic rings. The summed E-state index contributed by atoms with van der Waals surface area (Å²) < 4.78 is 5.21. The first-order valence-electron chi connectivity index (χ1n) is 8.02. The average molecular weight is 289 g/mol. The van der Waals surface area contributed by atoms with Crippen LogP contribution in [-0.4, -0.2) is 30.5 Å². The highest BCUT2D eigenvalue weighted by Gasteiger charge is 2.34. The van der Waals surface area contributed by atoms with Crippen molar-refractivity contribution in [1.29, 1.82) is 0 Å². The Morgan fingerprint density at radius 1 is 1.33 bits per heavy atom. The van der Waals surface area contributed by atoms with Gasteiger partial charge in [0.05, 0.1) is 13.0 Å². The van der Waals surface area contributed by atoms with Gasteiger partial charge in [0.25, 0.3) is 0 Å². The fourth-order valence-corrected chi connectivity index (χ4v) is 3.35. The molecule has 1 fully saturated rings. The van der Waals surface area contributed by atoms with Crippen molar-refractivity contribution < 1.29 is 9.53 Å². The Hall–Kier alpha value is -1.51. The van der Waals surface area contributed by atoms with E-state index < -0.39 is 0 Å². The van der Waals surface area contributed by atoms with Gasteiger partial charge in [-0.15, -0.1) is 0 Å². The molecule has 0 spiro atoms. The Morgan fingerprint density at radius 2 is 2.00 bits per heavy atom. The summed E-state index contributed by atoms with van der Waals surface area (Å²) in [6.45, 7) is 7.35. The third-order valence-corrected chi connectivity index (χ3v) is 4.54. The van der Waals surface area contributed by atoms with Crippen LogP contribution < -0.4 is 4.74 Å². The fourth-order valence-electron chi connectivity index (χ4n) is 3.35. The van der Waals surface area contributed by atoms with Crippen molar-refractivity contribution in [3.8, 4) is 5.75 Å². The van der Waals surface area contributed by atoms with Crippen LogP contribution in [0, 0.1) is 5.92 Å². The SMILES string of the molecule is CCC1CCCN1C(=O)C(c1ccc(OC)cc1)C(C)C. The smallest absolute Gasteiger partial charge is 0.230 e. The van der Waals surface area contributed by atoms with E-state index in [4.69, 9.17) is 4.74 Å². The number of carbonyl (C=O) groups is 1. The highest BCUT2D eigenvalue weighted by Crippen LogP contribution is 2.31. The number of likely N-dealkylation sites (tertiary alicyclic amines) is 1. The molecular formula is C18H27NO2. The Bertz CT molecular complexity index is 467. The van der Waals surface area contributed by atoms with Crippen LogP contribution in [0.4, 0.5) is 0 Å². The normalized spacial score (nSPS) is 19.9. The van der Waals surface area contributed by atoms with Crippen LogP contribution in [0.1, 0.15) is 51.5 Å². The van der Waals surface area contributed by atoms with Crippen molar-refractivity contribution in [2.45, 2.75) is 52.0 Å². The minimum absolute atomic E-state index is 0.0527. The second-order valence-corrected chi connectivity index (χ2v) is 6.23. The van der Waals surface area contributed by atoms with Crippen LogP contribution in [0.3, 0.4) is 0 Å². The second kappa shape index (κ2) is 6.97. The molecular weight excluding hydrogens is 262 g/mol. The fraction of sp³-hybridized carbons (Fsp3) is 0.611. The molecule has 3 heteroatoms. The van der Waals surface area contributed by atoms with Gasteiger partial charge in [-0.1, -0.05) is 32.9 Å². The van der Waals surface area contributed by atoms with Crippen molar-refractivity contribution in [2.24, 2.45) is 5.92 Å². The molecule has 2 unspecified atom stereocenters. The first-order valence-corrected chi connectivity index (χ1v) is 8.02. The molecule has 3 nitrogen and oxygen atoms in total. The van der Waals surface area contributed by atoms with Gasteiger partial charge in [-0.25, -0.2) is 0 Å². The van der Waals surface area contributed by atoms with Crippen LogP contribution in [0.15, 0.2) is 24.3 Å². The summed E-state index contributed by atoms with van der Waals surface area (Å²) in [6, 6.07) is 8.37. The molecule has 0 radical (unpaired) electrons. The molecule has 116 valence electrons. The van der Waals surface area contributed by atoms with Gasteiger partial charge < -0.3 is 9.64 Å². The number of carbonyl (C=O) groups excluding carboxylic acids is 1. The molecule has 1 aromatic carbocycles. The van der Waals surface area contributed by atoms with Gasteiger partial charge in [-0.2, -0.15) is 0 Å². The van der Waals surface area contributed by atoms with Gasteiger partial charge in [0.15, 0.2) is 0 Å². The van der Waals surface area contributed by atoms with Gasteiger partial charge in [-0.05, 0) is 42.9 Å². The topological polar surface area (TPSA) is 29.5 Å². The van der Waals surface area contributed by atoms with Crippen molar-refractivity contribution in [3.63, 3.8) is 0 Å². The van der Waals surface area contributed by atoms with E-state index in [1.165, 1.54) is 0 Å². The van der Waals surface area contributed by atoms with Crippen molar-refractivity contribution in [1.82, 2.24) is 4.90 Å². The molecule has 2 rings (SSSR count). The van der Waals surface area contributed by atoms with E-state index in [9.17, 15) is 4.79 Å². The van der Waals surface area contributed by atoms with Crippen LogP contribution >= 0.6 is 0 Å². The molecule has 1 amide bonds. The number of benzene rings is 1. The molecule has 0 N–H and O–H groups in total. The molecule has 0 aromatic heterocycles. The minimum atomic E-state index is -0.0527. The number of rotatable bonds is 5. The van der Waals surface area contributed by atoms with Crippen molar-refractivity contribution in [3.05, 3.63) is 29.8 Å². The number of methoxy groups -OCH3 is 1. The number of amides is 1. The first-order chi connectivity index (χ1) is 10.1. The highest BCUT2D eigenvalue weighted by atomic mass is 16.5. The van der Waals surface area contributed by atoms with E-state index in [1.807, 2.05) is 24.3 Å². The van der Waals surface area contributed by atoms with Gasteiger partial charge in [0.2, 0.25) is 5.91 Å². The first kappa shape index (κ1) is 15.9. The molecule has 1 aliphatic rings. The monoisotopic (exact) mass is 289 g/mol. The maximum Gasteiger partial charge on any atom is 0.230 e. The number of ether oxygens (including phenoxy) is 1. The summed E-state index contributed by atoms with van der Waals surface area (Å²) in [4.78, 5) is 15.1.